The zero-order chi connectivity index (χ0) is 19.5. The summed E-state index contributed by atoms with van der Waals surface area (Å²) in [6, 6.07) is 18.2. The molecule has 2 N–H and O–H groups in total. The van der Waals surface area contributed by atoms with E-state index < -0.39 is 0 Å². The van der Waals surface area contributed by atoms with Gasteiger partial charge >= 0.3 is 0 Å². The standard InChI is InChI=1S/C21H28N4O2/c1-4-22-21(24-16-20(26)25(2)3)23-14-15-27-19-13-9-8-12-18(19)17-10-6-5-7-11-17/h5-13H,4,14-16H2,1-3H3,(H2,22,23,24). The number of amides is 1. The van der Waals surface area contributed by atoms with Crippen LogP contribution in [0.15, 0.2) is 59.6 Å². The molecule has 2 aromatic rings. The van der Waals surface area contributed by atoms with Crippen LogP contribution in [-0.4, -0.2) is 57.1 Å². The van der Waals surface area contributed by atoms with Crippen LogP contribution in [0.4, 0.5) is 0 Å². The average molecular weight is 368 g/mol. The van der Waals surface area contributed by atoms with Crippen LogP contribution in [0.3, 0.4) is 0 Å². The summed E-state index contributed by atoms with van der Waals surface area (Å²) in [5.74, 6) is 1.41. The van der Waals surface area contributed by atoms with E-state index in [1.165, 1.54) is 4.90 Å². The lowest BCUT2D eigenvalue weighted by Gasteiger charge is -2.14. The SMILES string of the molecule is CCNC(=NCC(=O)N(C)C)NCCOc1ccccc1-c1ccccc1. The molecule has 0 atom stereocenters. The molecule has 2 rings (SSSR count). The average Bonchev–Trinajstić information content (AvgIpc) is 2.69. The molecule has 0 unspecified atom stereocenters. The minimum atomic E-state index is -0.0414. The molecule has 2 aromatic carbocycles. The lowest BCUT2D eigenvalue weighted by Crippen LogP contribution is -2.40. The van der Waals surface area contributed by atoms with Gasteiger partial charge in [-0.05, 0) is 18.6 Å². The Morgan fingerprint density at radius 3 is 2.44 bits per heavy atom. The molecular weight excluding hydrogens is 340 g/mol. The van der Waals surface area contributed by atoms with E-state index in [1.807, 2.05) is 43.3 Å². The summed E-state index contributed by atoms with van der Waals surface area (Å²) in [6.45, 7) is 3.87. The number of carbonyl (C=O) groups is 1. The molecule has 0 bridgehead atoms. The number of guanidine groups is 1. The van der Waals surface area contributed by atoms with Crippen LogP contribution < -0.4 is 15.4 Å². The smallest absolute Gasteiger partial charge is 0.243 e. The van der Waals surface area contributed by atoms with Gasteiger partial charge in [0.15, 0.2) is 5.96 Å². The van der Waals surface area contributed by atoms with Crippen molar-refractivity contribution in [2.24, 2.45) is 4.99 Å². The maximum atomic E-state index is 11.7. The predicted molar refractivity (Wildman–Crippen MR) is 110 cm³/mol. The molecule has 0 fully saturated rings. The molecule has 0 saturated carbocycles. The van der Waals surface area contributed by atoms with Crippen molar-refractivity contribution < 1.29 is 9.53 Å². The van der Waals surface area contributed by atoms with E-state index in [2.05, 4.69) is 33.8 Å². The van der Waals surface area contributed by atoms with E-state index >= 15 is 0 Å². The summed E-state index contributed by atoms with van der Waals surface area (Å²) < 4.78 is 5.96. The van der Waals surface area contributed by atoms with Gasteiger partial charge in [-0.1, -0.05) is 48.5 Å². The number of likely N-dealkylation sites (N-methyl/N-ethyl adjacent to an activating group) is 1. The fourth-order valence-electron chi connectivity index (χ4n) is 2.41. The van der Waals surface area contributed by atoms with Crippen LogP contribution in [0, 0.1) is 0 Å². The highest BCUT2D eigenvalue weighted by Gasteiger charge is 2.06. The molecule has 0 aromatic heterocycles. The zero-order valence-corrected chi connectivity index (χ0v) is 16.2. The Bertz CT molecular complexity index is 745. The largest absolute Gasteiger partial charge is 0.491 e. The van der Waals surface area contributed by atoms with Crippen molar-refractivity contribution >= 4 is 11.9 Å². The second-order valence-corrected chi connectivity index (χ2v) is 6.12. The van der Waals surface area contributed by atoms with Gasteiger partial charge in [-0.2, -0.15) is 0 Å². The number of hydrogen-bond donors (Lipinski definition) is 2. The summed E-state index contributed by atoms with van der Waals surface area (Å²) in [6.07, 6.45) is 0. The Morgan fingerprint density at radius 2 is 1.74 bits per heavy atom. The van der Waals surface area contributed by atoms with E-state index in [9.17, 15) is 4.79 Å². The van der Waals surface area contributed by atoms with E-state index in [1.54, 1.807) is 14.1 Å². The molecule has 144 valence electrons. The minimum absolute atomic E-state index is 0.0414. The predicted octanol–water partition coefficient (Wildman–Crippen LogP) is 2.38. The van der Waals surface area contributed by atoms with Crippen LogP contribution >= 0.6 is 0 Å². The maximum Gasteiger partial charge on any atom is 0.243 e. The Balaban J connectivity index is 1.90. The maximum absolute atomic E-state index is 11.7. The fraction of sp³-hybridized carbons (Fsp3) is 0.333. The molecule has 1 amide bonds. The van der Waals surface area contributed by atoms with E-state index in [-0.39, 0.29) is 12.5 Å². The van der Waals surface area contributed by atoms with Crippen LogP contribution in [-0.2, 0) is 4.79 Å². The van der Waals surface area contributed by atoms with Crippen molar-refractivity contribution in [1.29, 1.82) is 0 Å². The second-order valence-electron chi connectivity index (χ2n) is 6.12. The number of nitrogens with one attached hydrogen (secondary N) is 2. The lowest BCUT2D eigenvalue weighted by atomic mass is 10.1. The Hall–Kier alpha value is -3.02. The number of hydrogen-bond acceptors (Lipinski definition) is 3. The lowest BCUT2D eigenvalue weighted by molar-refractivity contribution is -0.127. The molecule has 27 heavy (non-hydrogen) atoms. The molecule has 0 heterocycles. The molecule has 0 aliphatic carbocycles. The molecule has 6 heteroatoms. The number of nitrogens with zero attached hydrogens (tertiary/aromatic N) is 2. The van der Waals surface area contributed by atoms with Gasteiger partial charge in [0, 0.05) is 26.2 Å². The highest BCUT2D eigenvalue weighted by molar-refractivity contribution is 5.84. The Labute approximate surface area is 161 Å². The highest BCUT2D eigenvalue weighted by Crippen LogP contribution is 2.29. The first-order valence-electron chi connectivity index (χ1n) is 9.11. The normalized spacial score (nSPS) is 11.0. The summed E-state index contributed by atoms with van der Waals surface area (Å²) in [7, 11) is 3.44. The van der Waals surface area contributed by atoms with Gasteiger partial charge in [-0.25, -0.2) is 4.99 Å². The molecular formula is C21H28N4O2. The third-order valence-corrected chi connectivity index (χ3v) is 3.84. The molecule has 0 saturated heterocycles. The summed E-state index contributed by atoms with van der Waals surface area (Å²) in [5, 5.41) is 6.31. The Morgan fingerprint density at radius 1 is 1.04 bits per heavy atom. The van der Waals surface area contributed by atoms with Gasteiger partial charge in [0.1, 0.15) is 18.9 Å². The summed E-state index contributed by atoms with van der Waals surface area (Å²) in [4.78, 5) is 17.5. The first kappa shape index (κ1) is 20.3. The molecule has 0 aliphatic rings. The van der Waals surface area contributed by atoms with Gasteiger partial charge in [-0.3, -0.25) is 4.79 Å². The number of aliphatic imine (C=N–C) groups is 1. The topological polar surface area (TPSA) is 66.0 Å². The van der Waals surface area contributed by atoms with E-state index in [0.717, 1.165) is 23.4 Å². The number of carbonyl (C=O) groups excluding carboxylic acids is 1. The first-order chi connectivity index (χ1) is 13.1. The van der Waals surface area contributed by atoms with Gasteiger partial charge in [0.05, 0.1) is 6.54 Å². The van der Waals surface area contributed by atoms with Gasteiger partial charge in [0.2, 0.25) is 5.91 Å². The summed E-state index contributed by atoms with van der Waals surface area (Å²) in [5.41, 5.74) is 2.19. The number of para-hydroxylation sites is 1. The van der Waals surface area contributed by atoms with Gasteiger partial charge < -0.3 is 20.3 Å². The third kappa shape index (κ3) is 6.66. The van der Waals surface area contributed by atoms with Crippen LogP contribution in [0.1, 0.15) is 6.92 Å². The zero-order valence-electron chi connectivity index (χ0n) is 16.2. The van der Waals surface area contributed by atoms with Crippen molar-refractivity contribution in [2.45, 2.75) is 6.92 Å². The van der Waals surface area contributed by atoms with E-state index in [0.29, 0.717) is 19.1 Å². The summed E-state index contributed by atoms with van der Waals surface area (Å²) >= 11 is 0. The fourth-order valence-corrected chi connectivity index (χ4v) is 2.41. The van der Waals surface area contributed by atoms with Crippen molar-refractivity contribution in [1.82, 2.24) is 15.5 Å². The van der Waals surface area contributed by atoms with Crippen LogP contribution in [0.25, 0.3) is 11.1 Å². The van der Waals surface area contributed by atoms with Gasteiger partial charge in [0.25, 0.3) is 0 Å². The number of ether oxygens (including phenoxy) is 1. The number of rotatable bonds is 8. The van der Waals surface area contributed by atoms with Crippen molar-refractivity contribution in [3.05, 3.63) is 54.6 Å². The quantitative estimate of drug-likeness (QED) is 0.427. The minimum Gasteiger partial charge on any atom is -0.491 e. The van der Waals surface area contributed by atoms with Crippen LogP contribution in [0.5, 0.6) is 5.75 Å². The third-order valence-electron chi connectivity index (χ3n) is 3.84. The first-order valence-corrected chi connectivity index (χ1v) is 9.11. The molecule has 0 spiro atoms. The van der Waals surface area contributed by atoms with Crippen molar-refractivity contribution in [3.63, 3.8) is 0 Å². The molecule has 6 nitrogen and oxygen atoms in total. The Kier molecular flexibility index (Phi) is 8.16. The highest BCUT2D eigenvalue weighted by atomic mass is 16.5. The molecule has 0 aliphatic heterocycles. The number of benzene rings is 2. The second kappa shape index (κ2) is 10.9. The van der Waals surface area contributed by atoms with Crippen molar-refractivity contribution in [2.75, 3.05) is 40.3 Å². The monoisotopic (exact) mass is 368 g/mol. The van der Waals surface area contributed by atoms with E-state index in [4.69, 9.17) is 4.74 Å². The molecule has 0 radical (unpaired) electrons. The van der Waals surface area contributed by atoms with Gasteiger partial charge in [-0.15, -0.1) is 0 Å². The van der Waals surface area contributed by atoms with Crippen molar-refractivity contribution in [3.8, 4) is 16.9 Å². The van der Waals surface area contributed by atoms with Crippen LogP contribution in [0.2, 0.25) is 0 Å².